The van der Waals surface area contributed by atoms with E-state index in [1.165, 1.54) is 6.07 Å². The van der Waals surface area contributed by atoms with Crippen LogP contribution in [0.5, 0.6) is 0 Å². The van der Waals surface area contributed by atoms with Crippen LogP contribution in [-0.2, 0) is 4.79 Å². The molecule has 2 aromatic rings. The van der Waals surface area contributed by atoms with Crippen LogP contribution in [0, 0.1) is 12.8 Å². The number of carbonyl (C=O) groups is 2. The standard InChI is InChI=1S/C17H18N2O4/c1-10-2-3-14-12(8-10)13(20)9-15(23-14)17(22)19-6-4-11(5-7-19)16(18)21/h2-3,8-9,11H,4-7H2,1H3,(H2,18,21). The summed E-state index contributed by atoms with van der Waals surface area (Å²) in [5.74, 6) is -0.813. The molecule has 6 heteroatoms. The number of piperidine rings is 1. The molecule has 1 aromatic carbocycles. The highest BCUT2D eigenvalue weighted by Gasteiger charge is 2.27. The molecule has 1 aliphatic rings. The van der Waals surface area contributed by atoms with Crippen LogP contribution in [0.25, 0.3) is 11.0 Å². The minimum absolute atomic E-state index is 0.0314. The predicted molar refractivity (Wildman–Crippen MR) is 85.0 cm³/mol. The first-order valence-corrected chi connectivity index (χ1v) is 7.59. The van der Waals surface area contributed by atoms with E-state index >= 15 is 0 Å². The van der Waals surface area contributed by atoms with Crippen molar-refractivity contribution in [3.05, 3.63) is 45.8 Å². The number of aryl methyl sites for hydroxylation is 1. The molecule has 1 aliphatic heterocycles. The van der Waals surface area contributed by atoms with Gasteiger partial charge >= 0.3 is 0 Å². The maximum atomic E-state index is 12.5. The average Bonchev–Trinajstić information content (AvgIpc) is 2.54. The Kier molecular flexibility index (Phi) is 3.90. The van der Waals surface area contributed by atoms with Crippen LogP contribution in [0.4, 0.5) is 0 Å². The van der Waals surface area contributed by atoms with Crippen molar-refractivity contribution in [1.82, 2.24) is 4.90 Å². The second kappa shape index (κ2) is 5.87. The van der Waals surface area contributed by atoms with Gasteiger partial charge in [-0.05, 0) is 31.9 Å². The number of nitrogens with zero attached hydrogens (tertiary/aromatic N) is 1. The Labute approximate surface area is 132 Å². The van der Waals surface area contributed by atoms with Gasteiger partial charge in [0.05, 0.1) is 5.39 Å². The number of likely N-dealkylation sites (tertiary alicyclic amines) is 1. The van der Waals surface area contributed by atoms with Crippen molar-refractivity contribution in [2.24, 2.45) is 11.7 Å². The highest BCUT2D eigenvalue weighted by molar-refractivity contribution is 5.93. The molecule has 0 atom stereocenters. The van der Waals surface area contributed by atoms with E-state index < -0.39 is 0 Å². The molecule has 23 heavy (non-hydrogen) atoms. The summed E-state index contributed by atoms with van der Waals surface area (Å²) in [5, 5.41) is 0.467. The Morgan fingerprint density at radius 3 is 2.57 bits per heavy atom. The van der Waals surface area contributed by atoms with Crippen LogP contribution in [0.1, 0.15) is 29.0 Å². The summed E-state index contributed by atoms with van der Waals surface area (Å²) in [5.41, 5.74) is 6.42. The van der Waals surface area contributed by atoms with Gasteiger partial charge < -0.3 is 15.1 Å². The highest BCUT2D eigenvalue weighted by Crippen LogP contribution is 2.20. The largest absolute Gasteiger partial charge is 0.451 e. The first-order valence-electron chi connectivity index (χ1n) is 7.59. The monoisotopic (exact) mass is 314 g/mol. The molecule has 3 rings (SSSR count). The third-order valence-corrected chi connectivity index (χ3v) is 4.28. The van der Waals surface area contributed by atoms with E-state index in [-0.39, 0.29) is 28.9 Å². The third kappa shape index (κ3) is 2.97. The van der Waals surface area contributed by atoms with Crippen molar-refractivity contribution in [2.45, 2.75) is 19.8 Å². The van der Waals surface area contributed by atoms with E-state index in [1.807, 2.05) is 13.0 Å². The van der Waals surface area contributed by atoms with Crippen LogP contribution in [0.3, 0.4) is 0 Å². The Hall–Kier alpha value is -2.63. The lowest BCUT2D eigenvalue weighted by Gasteiger charge is -2.30. The van der Waals surface area contributed by atoms with Crippen molar-refractivity contribution >= 4 is 22.8 Å². The zero-order valence-electron chi connectivity index (χ0n) is 12.9. The van der Waals surface area contributed by atoms with Gasteiger partial charge in [-0.15, -0.1) is 0 Å². The molecule has 6 nitrogen and oxygen atoms in total. The molecule has 2 heterocycles. The summed E-state index contributed by atoms with van der Waals surface area (Å²) < 4.78 is 5.60. The van der Waals surface area contributed by atoms with Crippen LogP contribution in [0.15, 0.2) is 33.5 Å². The molecule has 1 fully saturated rings. The number of fused-ring (bicyclic) bond motifs is 1. The quantitative estimate of drug-likeness (QED) is 0.907. The van der Waals surface area contributed by atoms with Crippen molar-refractivity contribution in [1.29, 1.82) is 0 Å². The van der Waals surface area contributed by atoms with E-state index in [0.29, 0.717) is 36.9 Å². The third-order valence-electron chi connectivity index (χ3n) is 4.28. The van der Waals surface area contributed by atoms with E-state index in [4.69, 9.17) is 10.2 Å². The molecular weight excluding hydrogens is 296 g/mol. The number of hydrogen-bond acceptors (Lipinski definition) is 4. The Balaban J connectivity index is 1.86. The summed E-state index contributed by atoms with van der Waals surface area (Å²) in [4.78, 5) is 37.5. The van der Waals surface area contributed by atoms with E-state index in [2.05, 4.69) is 0 Å². The van der Waals surface area contributed by atoms with Crippen molar-refractivity contribution in [3.63, 3.8) is 0 Å². The summed E-state index contributed by atoms with van der Waals surface area (Å²) >= 11 is 0. The van der Waals surface area contributed by atoms with Crippen molar-refractivity contribution < 1.29 is 14.0 Å². The minimum Gasteiger partial charge on any atom is -0.451 e. The van der Waals surface area contributed by atoms with Gasteiger partial charge in [0.1, 0.15) is 5.58 Å². The molecule has 2 amide bonds. The molecule has 0 radical (unpaired) electrons. The van der Waals surface area contributed by atoms with Gasteiger partial charge in [-0.25, -0.2) is 0 Å². The van der Waals surface area contributed by atoms with E-state index in [1.54, 1.807) is 17.0 Å². The van der Waals surface area contributed by atoms with E-state index in [0.717, 1.165) is 5.56 Å². The maximum absolute atomic E-state index is 12.5. The van der Waals surface area contributed by atoms with Gasteiger partial charge in [0.25, 0.3) is 5.91 Å². The van der Waals surface area contributed by atoms with Gasteiger partial charge in [0.15, 0.2) is 11.2 Å². The van der Waals surface area contributed by atoms with Crippen LogP contribution in [-0.4, -0.2) is 29.8 Å². The SMILES string of the molecule is Cc1ccc2oc(C(=O)N3CCC(C(N)=O)CC3)cc(=O)c2c1. The number of nitrogens with two attached hydrogens (primary N) is 1. The summed E-state index contributed by atoms with van der Waals surface area (Å²) in [6.45, 7) is 2.75. The number of primary amides is 1. The summed E-state index contributed by atoms with van der Waals surface area (Å²) in [6, 6.07) is 6.51. The van der Waals surface area contributed by atoms with E-state index in [9.17, 15) is 14.4 Å². The number of amides is 2. The summed E-state index contributed by atoms with van der Waals surface area (Å²) in [7, 11) is 0. The molecule has 0 spiro atoms. The Morgan fingerprint density at radius 1 is 1.22 bits per heavy atom. The molecule has 2 N–H and O–H groups in total. The zero-order chi connectivity index (χ0) is 16.6. The number of rotatable bonds is 2. The molecule has 0 unspecified atom stereocenters. The number of hydrogen-bond donors (Lipinski definition) is 1. The lowest BCUT2D eigenvalue weighted by molar-refractivity contribution is -0.123. The second-order valence-electron chi connectivity index (χ2n) is 5.94. The fraction of sp³-hybridized carbons (Fsp3) is 0.353. The molecular formula is C17H18N2O4. The summed E-state index contributed by atoms with van der Waals surface area (Å²) in [6.07, 6.45) is 1.08. The molecule has 120 valence electrons. The lowest BCUT2D eigenvalue weighted by atomic mass is 9.96. The molecule has 0 aliphatic carbocycles. The van der Waals surface area contributed by atoms with Crippen LogP contribution < -0.4 is 11.2 Å². The Morgan fingerprint density at radius 2 is 1.91 bits per heavy atom. The highest BCUT2D eigenvalue weighted by atomic mass is 16.3. The number of carbonyl (C=O) groups excluding carboxylic acids is 2. The van der Waals surface area contributed by atoms with Crippen molar-refractivity contribution in [3.8, 4) is 0 Å². The van der Waals surface area contributed by atoms with Crippen LogP contribution >= 0.6 is 0 Å². The van der Waals surface area contributed by atoms with Gasteiger partial charge in [0, 0.05) is 25.1 Å². The lowest BCUT2D eigenvalue weighted by Crippen LogP contribution is -2.41. The Bertz CT molecular complexity index is 832. The first kappa shape index (κ1) is 15.3. The number of benzene rings is 1. The maximum Gasteiger partial charge on any atom is 0.289 e. The second-order valence-corrected chi connectivity index (χ2v) is 5.94. The molecule has 0 bridgehead atoms. The van der Waals surface area contributed by atoms with Gasteiger partial charge in [0.2, 0.25) is 5.91 Å². The fourth-order valence-electron chi connectivity index (χ4n) is 2.90. The van der Waals surface area contributed by atoms with Crippen LogP contribution in [0.2, 0.25) is 0 Å². The predicted octanol–water partition coefficient (Wildman–Crippen LogP) is 1.44. The van der Waals surface area contributed by atoms with Crippen molar-refractivity contribution in [2.75, 3.05) is 13.1 Å². The minimum atomic E-state index is -0.329. The molecule has 1 aromatic heterocycles. The van der Waals surface area contributed by atoms with Gasteiger partial charge in [-0.2, -0.15) is 0 Å². The smallest absolute Gasteiger partial charge is 0.289 e. The topological polar surface area (TPSA) is 93.6 Å². The van der Waals surface area contributed by atoms with Gasteiger partial charge in [-0.3, -0.25) is 14.4 Å². The zero-order valence-corrected chi connectivity index (χ0v) is 12.9. The molecule has 1 saturated heterocycles. The fourth-order valence-corrected chi connectivity index (χ4v) is 2.90. The average molecular weight is 314 g/mol. The van der Waals surface area contributed by atoms with Gasteiger partial charge in [-0.1, -0.05) is 11.6 Å². The first-order chi connectivity index (χ1) is 11.0. The molecule has 0 saturated carbocycles. The normalized spacial score (nSPS) is 15.8.